The van der Waals surface area contributed by atoms with Crippen LogP contribution < -0.4 is 10.5 Å². The summed E-state index contributed by atoms with van der Waals surface area (Å²) in [5.74, 6) is 0.128. The van der Waals surface area contributed by atoms with E-state index in [-0.39, 0.29) is 17.3 Å². The molecule has 2 N–H and O–H groups in total. The summed E-state index contributed by atoms with van der Waals surface area (Å²) in [6.07, 6.45) is 2.14. The van der Waals surface area contributed by atoms with E-state index in [4.69, 9.17) is 15.2 Å². The number of pyridine rings is 1. The van der Waals surface area contributed by atoms with Gasteiger partial charge in [0.15, 0.2) is 9.84 Å². The Balaban J connectivity index is 1.71. The molecule has 8 heteroatoms. The molecule has 0 radical (unpaired) electrons. The summed E-state index contributed by atoms with van der Waals surface area (Å²) < 4.78 is 37.6. The van der Waals surface area contributed by atoms with Crippen LogP contribution in [0.2, 0.25) is 0 Å². The van der Waals surface area contributed by atoms with E-state index in [1.165, 1.54) is 12.1 Å². The van der Waals surface area contributed by atoms with Crippen LogP contribution in [0.4, 0.5) is 0 Å². The minimum absolute atomic E-state index is 0.0937. The lowest BCUT2D eigenvalue weighted by molar-refractivity contribution is -0.137. The van der Waals surface area contributed by atoms with E-state index in [9.17, 15) is 13.2 Å². The molecule has 1 aromatic heterocycles. The van der Waals surface area contributed by atoms with Gasteiger partial charge < -0.3 is 15.2 Å². The maximum absolute atomic E-state index is 13.1. The number of primary amides is 1. The fourth-order valence-electron chi connectivity index (χ4n) is 3.34. The number of sulfone groups is 1. The first kappa shape index (κ1) is 23.4. The first-order chi connectivity index (χ1) is 15.2. The Labute approximate surface area is 188 Å². The van der Waals surface area contributed by atoms with Crippen molar-refractivity contribution in [1.29, 1.82) is 0 Å². The summed E-state index contributed by atoms with van der Waals surface area (Å²) in [5, 5.41) is 0. The molecule has 168 valence electrons. The monoisotopic (exact) mass is 454 g/mol. The highest BCUT2D eigenvalue weighted by molar-refractivity contribution is 7.91. The predicted octanol–water partition coefficient (Wildman–Crippen LogP) is 3.74. The van der Waals surface area contributed by atoms with Gasteiger partial charge in [-0.05, 0) is 48.0 Å². The number of aromatic nitrogens is 1. The van der Waals surface area contributed by atoms with Crippen molar-refractivity contribution in [2.45, 2.75) is 31.5 Å². The van der Waals surface area contributed by atoms with Crippen LogP contribution in [0.3, 0.4) is 0 Å². The van der Waals surface area contributed by atoms with Crippen LogP contribution in [0.5, 0.6) is 11.5 Å². The molecule has 0 unspecified atom stereocenters. The van der Waals surface area contributed by atoms with Crippen molar-refractivity contribution in [3.63, 3.8) is 0 Å². The molecule has 0 bridgehead atoms. The van der Waals surface area contributed by atoms with Gasteiger partial charge in [-0.1, -0.05) is 38.1 Å². The summed E-state index contributed by atoms with van der Waals surface area (Å²) in [7, 11) is -3.72. The molecule has 0 saturated heterocycles. The standard InChI is InChI=1S/C24H26N2O5S/c1-24(2,22(23(25)27)30-16-18-7-6-14-26-15-18)17-32(28,29)21-12-10-20(11-13-21)31-19-8-4-3-5-9-19/h3-15,22H,16-17H2,1-2H3,(H2,25,27)/t22-/m1/s1. The smallest absolute Gasteiger partial charge is 0.247 e. The fourth-order valence-corrected chi connectivity index (χ4v) is 5.19. The van der Waals surface area contributed by atoms with Crippen molar-refractivity contribution >= 4 is 15.7 Å². The molecular formula is C24H26N2O5S. The Morgan fingerprint density at radius 2 is 1.66 bits per heavy atom. The summed E-state index contributed by atoms with van der Waals surface area (Å²) >= 11 is 0. The van der Waals surface area contributed by atoms with Crippen molar-refractivity contribution in [1.82, 2.24) is 4.98 Å². The minimum Gasteiger partial charge on any atom is -0.457 e. The van der Waals surface area contributed by atoms with Gasteiger partial charge in [0.05, 0.1) is 17.3 Å². The Bertz CT molecular complexity index is 1130. The van der Waals surface area contributed by atoms with Crippen LogP contribution in [-0.4, -0.2) is 31.2 Å². The van der Waals surface area contributed by atoms with E-state index >= 15 is 0 Å². The van der Waals surface area contributed by atoms with Crippen LogP contribution in [-0.2, 0) is 26.0 Å². The van der Waals surface area contributed by atoms with Crippen LogP contribution in [0.15, 0.2) is 84.0 Å². The molecule has 0 fully saturated rings. The van der Waals surface area contributed by atoms with Crippen molar-refractivity contribution in [2.24, 2.45) is 11.1 Å². The number of amides is 1. The van der Waals surface area contributed by atoms with Gasteiger partial charge in [0, 0.05) is 17.8 Å². The minimum atomic E-state index is -3.72. The number of carbonyl (C=O) groups excluding carboxylic acids is 1. The average Bonchev–Trinajstić information content (AvgIpc) is 2.74. The van der Waals surface area contributed by atoms with Gasteiger partial charge in [-0.15, -0.1) is 0 Å². The van der Waals surface area contributed by atoms with Crippen LogP contribution in [0.1, 0.15) is 19.4 Å². The first-order valence-electron chi connectivity index (χ1n) is 10.0. The van der Waals surface area contributed by atoms with Gasteiger partial charge >= 0.3 is 0 Å². The second-order valence-corrected chi connectivity index (χ2v) is 10.1. The number of hydrogen-bond acceptors (Lipinski definition) is 6. The quantitative estimate of drug-likeness (QED) is 0.500. The maximum atomic E-state index is 13.1. The number of nitrogens with zero attached hydrogens (tertiary/aromatic N) is 1. The van der Waals surface area contributed by atoms with Crippen molar-refractivity contribution in [2.75, 3.05) is 5.75 Å². The van der Waals surface area contributed by atoms with E-state index in [1.54, 1.807) is 50.5 Å². The van der Waals surface area contributed by atoms with Gasteiger partial charge in [0.2, 0.25) is 5.91 Å². The number of benzene rings is 2. The molecule has 7 nitrogen and oxygen atoms in total. The summed E-state index contributed by atoms with van der Waals surface area (Å²) in [4.78, 5) is 16.2. The highest BCUT2D eigenvalue weighted by Gasteiger charge is 2.39. The third kappa shape index (κ3) is 6.15. The first-order valence-corrected chi connectivity index (χ1v) is 11.7. The third-order valence-corrected chi connectivity index (χ3v) is 6.95. The lowest BCUT2D eigenvalue weighted by atomic mass is 9.88. The average molecular weight is 455 g/mol. The molecule has 0 spiro atoms. The number of rotatable bonds is 10. The van der Waals surface area contributed by atoms with Crippen molar-refractivity contribution < 1.29 is 22.7 Å². The highest BCUT2D eigenvalue weighted by Crippen LogP contribution is 2.30. The normalized spacial score (nSPS) is 12.8. The van der Waals surface area contributed by atoms with Crippen molar-refractivity contribution in [3.8, 4) is 11.5 Å². The summed E-state index contributed by atoms with van der Waals surface area (Å²) in [6, 6.07) is 18.9. The zero-order chi connectivity index (χ0) is 23.2. The molecule has 32 heavy (non-hydrogen) atoms. The Kier molecular flexibility index (Phi) is 7.27. The maximum Gasteiger partial charge on any atom is 0.247 e. The zero-order valence-electron chi connectivity index (χ0n) is 18.0. The van der Waals surface area contributed by atoms with E-state index in [0.717, 1.165) is 5.56 Å². The third-order valence-electron chi connectivity index (χ3n) is 4.83. The molecule has 0 saturated carbocycles. The lowest BCUT2D eigenvalue weighted by Gasteiger charge is -2.31. The molecule has 1 atom stereocenters. The molecule has 2 aromatic carbocycles. The fraction of sp³-hybridized carbons (Fsp3) is 0.250. The Morgan fingerprint density at radius 1 is 1.00 bits per heavy atom. The predicted molar refractivity (Wildman–Crippen MR) is 121 cm³/mol. The van der Waals surface area contributed by atoms with Gasteiger partial charge in [0.25, 0.3) is 0 Å². The number of hydrogen-bond donors (Lipinski definition) is 1. The Hall–Kier alpha value is -3.23. The van der Waals surface area contributed by atoms with Crippen LogP contribution in [0.25, 0.3) is 0 Å². The second kappa shape index (κ2) is 9.93. The van der Waals surface area contributed by atoms with Crippen LogP contribution in [0, 0.1) is 5.41 Å². The number of para-hydroxylation sites is 1. The van der Waals surface area contributed by atoms with E-state index in [0.29, 0.717) is 11.5 Å². The molecule has 0 aliphatic heterocycles. The second-order valence-electron chi connectivity index (χ2n) is 8.09. The summed E-state index contributed by atoms with van der Waals surface area (Å²) in [5.41, 5.74) is 5.24. The SMILES string of the molecule is CC(C)(CS(=O)(=O)c1ccc(Oc2ccccc2)cc1)[C@H](OCc1cccnc1)C(N)=O. The van der Waals surface area contributed by atoms with Gasteiger partial charge in [-0.25, -0.2) is 8.42 Å². The van der Waals surface area contributed by atoms with Crippen LogP contribution >= 0.6 is 0 Å². The zero-order valence-corrected chi connectivity index (χ0v) is 18.8. The summed E-state index contributed by atoms with van der Waals surface area (Å²) in [6.45, 7) is 3.39. The highest BCUT2D eigenvalue weighted by atomic mass is 32.2. The number of ether oxygens (including phenoxy) is 2. The van der Waals surface area contributed by atoms with E-state index in [1.807, 2.05) is 30.3 Å². The van der Waals surface area contributed by atoms with Gasteiger partial charge in [-0.3, -0.25) is 9.78 Å². The largest absolute Gasteiger partial charge is 0.457 e. The lowest BCUT2D eigenvalue weighted by Crippen LogP contribution is -2.46. The molecule has 1 heterocycles. The topological polar surface area (TPSA) is 109 Å². The van der Waals surface area contributed by atoms with E-state index in [2.05, 4.69) is 4.98 Å². The Morgan fingerprint density at radius 3 is 2.25 bits per heavy atom. The molecule has 1 amide bonds. The van der Waals surface area contributed by atoms with Gasteiger partial charge in [-0.2, -0.15) is 0 Å². The molecule has 3 aromatic rings. The molecule has 0 aliphatic rings. The molecule has 3 rings (SSSR count). The van der Waals surface area contributed by atoms with Crippen molar-refractivity contribution in [3.05, 3.63) is 84.7 Å². The number of carbonyl (C=O) groups is 1. The van der Waals surface area contributed by atoms with Gasteiger partial charge in [0.1, 0.15) is 17.6 Å². The van der Waals surface area contributed by atoms with E-state index < -0.39 is 27.3 Å². The molecular weight excluding hydrogens is 428 g/mol. The molecule has 0 aliphatic carbocycles. The number of nitrogens with two attached hydrogens (primary N) is 1.